The fourth-order valence-corrected chi connectivity index (χ4v) is 3.33. The predicted molar refractivity (Wildman–Crippen MR) is 98.1 cm³/mol. The summed E-state index contributed by atoms with van der Waals surface area (Å²) in [6.07, 6.45) is 0.722. The van der Waals surface area contributed by atoms with Crippen LogP contribution >= 0.6 is 0 Å². The second kappa shape index (κ2) is 6.79. The summed E-state index contributed by atoms with van der Waals surface area (Å²) in [6.45, 7) is 8.10. The number of rotatable bonds is 4. The monoisotopic (exact) mass is 339 g/mol. The van der Waals surface area contributed by atoms with Crippen LogP contribution in [0.1, 0.15) is 43.0 Å². The van der Waals surface area contributed by atoms with Crippen molar-refractivity contribution in [3.63, 3.8) is 0 Å². The number of hydrogen-bond acceptors (Lipinski definition) is 3. The summed E-state index contributed by atoms with van der Waals surface area (Å²) in [5.74, 6) is 1.43. The number of amides is 1. The van der Waals surface area contributed by atoms with E-state index in [1.54, 1.807) is 0 Å². The molecule has 1 aliphatic rings. The molecular weight excluding hydrogens is 314 g/mol. The molecule has 0 aromatic heterocycles. The van der Waals surface area contributed by atoms with E-state index in [1.807, 2.05) is 64.1 Å². The number of aryl methyl sites for hydroxylation is 2. The molecule has 1 unspecified atom stereocenters. The Morgan fingerprint density at radius 1 is 1.20 bits per heavy atom. The normalized spacial score (nSPS) is 18.0. The van der Waals surface area contributed by atoms with Crippen molar-refractivity contribution in [1.82, 2.24) is 5.32 Å². The van der Waals surface area contributed by atoms with Gasteiger partial charge in [-0.3, -0.25) is 4.79 Å². The van der Waals surface area contributed by atoms with E-state index in [0.29, 0.717) is 0 Å². The zero-order valence-electron chi connectivity index (χ0n) is 15.3. The average molecular weight is 339 g/mol. The van der Waals surface area contributed by atoms with Crippen molar-refractivity contribution in [3.8, 4) is 11.5 Å². The zero-order chi connectivity index (χ0) is 18.0. The number of fused-ring (bicyclic) bond motifs is 1. The van der Waals surface area contributed by atoms with Crippen LogP contribution in [0.25, 0.3) is 0 Å². The Hall–Kier alpha value is -2.49. The third-order valence-electron chi connectivity index (χ3n) is 4.28. The first-order chi connectivity index (χ1) is 11.8. The summed E-state index contributed by atoms with van der Waals surface area (Å²) in [4.78, 5) is 12.4. The summed E-state index contributed by atoms with van der Waals surface area (Å²) in [5.41, 5.74) is 2.94. The van der Waals surface area contributed by atoms with Crippen LogP contribution in [0.15, 0.2) is 42.5 Å². The zero-order valence-corrected chi connectivity index (χ0v) is 15.3. The van der Waals surface area contributed by atoms with Crippen molar-refractivity contribution in [3.05, 3.63) is 59.2 Å². The summed E-state index contributed by atoms with van der Waals surface area (Å²) < 4.78 is 11.7. The van der Waals surface area contributed by atoms with E-state index in [1.165, 1.54) is 0 Å². The van der Waals surface area contributed by atoms with E-state index in [9.17, 15) is 4.79 Å². The highest BCUT2D eigenvalue weighted by Crippen LogP contribution is 2.39. The number of carbonyl (C=O) groups excluding carboxylic acids is 1. The van der Waals surface area contributed by atoms with E-state index in [2.05, 4.69) is 11.4 Å². The molecule has 4 heteroatoms. The van der Waals surface area contributed by atoms with Crippen LogP contribution in [-0.4, -0.2) is 18.1 Å². The molecule has 1 aliphatic heterocycles. The van der Waals surface area contributed by atoms with Gasteiger partial charge in [0.05, 0.1) is 6.04 Å². The molecule has 1 N–H and O–H groups in total. The van der Waals surface area contributed by atoms with Crippen LogP contribution in [0.2, 0.25) is 0 Å². The van der Waals surface area contributed by atoms with Gasteiger partial charge < -0.3 is 14.8 Å². The fraction of sp³-hybridized carbons (Fsp3) is 0.381. The largest absolute Gasteiger partial charge is 0.487 e. The maximum absolute atomic E-state index is 12.4. The lowest BCUT2D eigenvalue weighted by atomic mass is 9.90. The van der Waals surface area contributed by atoms with Gasteiger partial charge in [-0.15, -0.1) is 0 Å². The number of ether oxygens (including phenoxy) is 2. The number of hydrogen-bond donors (Lipinski definition) is 1. The summed E-state index contributed by atoms with van der Waals surface area (Å²) in [5, 5.41) is 3.09. The lowest BCUT2D eigenvalue weighted by Gasteiger charge is -2.37. The molecule has 0 fully saturated rings. The first-order valence-corrected chi connectivity index (χ1v) is 8.61. The third kappa shape index (κ3) is 4.32. The van der Waals surface area contributed by atoms with Gasteiger partial charge in [-0.2, -0.15) is 0 Å². The third-order valence-corrected chi connectivity index (χ3v) is 4.28. The van der Waals surface area contributed by atoms with E-state index < -0.39 is 0 Å². The molecule has 1 heterocycles. The van der Waals surface area contributed by atoms with Crippen LogP contribution in [0.4, 0.5) is 0 Å². The van der Waals surface area contributed by atoms with E-state index >= 15 is 0 Å². The molecule has 1 atom stereocenters. The molecule has 132 valence electrons. The van der Waals surface area contributed by atoms with Crippen LogP contribution in [0, 0.1) is 13.8 Å². The van der Waals surface area contributed by atoms with Crippen LogP contribution < -0.4 is 14.8 Å². The summed E-state index contributed by atoms with van der Waals surface area (Å²) in [7, 11) is 0. The van der Waals surface area contributed by atoms with Gasteiger partial charge in [-0.1, -0.05) is 24.3 Å². The fourth-order valence-electron chi connectivity index (χ4n) is 3.33. The Balaban J connectivity index is 1.66. The summed E-state index contributed by atoms with van der Waals surface area (Å²) >= 11 is 0. The molecule has 2 aromatic carbocycles. The molecular formula is C21H25NO3. The smallest absolute Gasteiger partial charge is 0.258 e. The highest BCUT2D eigenvalue weighted by atomic mass is 16.5. The number of benzene rings is 2. The van der Waals surface area contributed by atoms with Crippen LogP contribution in [-0.2, 0) is 4.79 Å². The molecule has 0 saturated carbocycles. The van der Waals surface area contributed by atoms with Crippen molar-refractivity contribution >= 4 is 5.91 Å². The Bertz CT molecular complexity index is 762. The van der Waals surface area contributed by atoms with Gasteiger partial charge in [-0.05, 0) is 57.0 Å². The molecule has 0 radical (unpaired) electrons. The summed E-state index contributed by atoms with van der Waals surface area (Å²) in [6, 6.07) is 13.7. The predicted octanol–water partition coefficient (Wildman–Crippen LogP) is 4.10. The van der Waals surface area contributed by atoms with Crippen LogP contribution in [0.3, 0.4) is 0 Å². The Labute approximate surface area is 149 Å². The Kier molecular flexibility index (Phi) is 4.71. The Morgan fingerprint density at radius 3 is 2.60 bits per heavy atom. The molecule has 1 amide bonds. The molecule has 3 rings (SSSR count). The topological polar surface area (TPSA) is 47.6 Å². The lowest BCUT2D eigenvalue weighted by Crippen LogP contribution is -2.42. The van der Waals surface area contributed by atoms with Crippen molar-refractivity contribution in [2.24, 2.45) is 0 Å². The van der Waals surface area contributed by atoms with Crippen molar-refractivity contribution in [2.45, 2.75) is 45.8 Å². The van der Waals surface area contributed by atoms with E-state index in [4.69, 9.17) is 9.47 Å². The van der Waals surface area contributed by atoms with Gasteiger partial charge >= 0.3 is 0 Å². The van der Waals surface area contributed by atoms with Gasteiger partial charge in [0.25, 0.3) is 5.91 Å². The molecule has 0 bridgehead atoms. The van der Waals surface area contributed by atoms with E-state index in [-0.39, 0.29) is 24.2 Å². The quantitative estimate of drug-likeness (QED) is 0.912. The van der Waals surface area contributed by atoms with Gasteiger partial charge in [0.15, 0.2) is 6.61 Å². The lowest BCUT2D eigenvalue weighted by molar-refractivity contribution is -0.124. The van der Waals surface area contributed by atoms with Crippen molar-refractivity contribution < 1.29 is 14.3 Å². The maximum atomic E-state index is 12.4. The minimum absolute atomic E-state index is 0.00282. The van der Waals surface area contributed by atoms with Crippen LogP contribution in [0.5, 0.6) is 11.5 Å². The van der Waals surface area contributed by atoms with Crippen molar-refractivity contribution in [2.75, 3.05) is 6.61 Å². The number of para-hydroxylation sites is 1. The van der Waals surface area contributed by atoms with Gasteiger partial charge in [-0.25, -0.2) is 0 Å². The number of nitrogens with one attached hydrogen (secondary N) is 1. The molecule has 0 saturated heterocycles. The van der Waals surface area contributed by atoms with Gasteiger partial charge in [0, 0.05) is 12.0 Å². The minimum Gasteiger partial charge on any atom is -0.487 e. The maximum Gasteiger partial charge on any atom is 0.258 e. The standard InChI is InChI=1S/C21H25NO3/c1-14-9-15(2)11-16(10-14)24-13-20(23)22-18-12-21(3,4)25-19-8-6-5-7-17(18)19/h5-11,18H,12-13H2,1-4H3,(H,22,23). The molecule has 0 spiro atoms. The first-order valence-electron chi connectivity index (χ1n) is 8.61. The molecule has 2 aromatic rings. The first kappa shape index (κ1) is 17.3. The highest BCUT2D eigenvalue weighted by Gasteiger charge is 2.34. The SMILES string of the molecule is Cc1cc(C)cc(OCC(=O)NC2CC(C)(C)Oc3ccccc32)c1. The second-order valence-electron chi connectivity index (χ2n) is 7.34. The minimum atomic E-state index is -0.319. The van der Waals surface area contributed by atoms with E-state index in [0.717, 1.165) is 34.6 Å². The average Bonchev–Trinajstić information content (AvgIpc) is 2.51. The molecule has 25 heavy (non-hydrogen) atoms. The molecule has 4 nitrogen and oxygen atoms in total. The van der Waals surface area contributed by atoms with Crippen molar-refractivity contribution in [1.29, 1.82) is 0 Å². The molecule has 0 aliphatic carbocycles. The second-order valence-corrected chi connectivity index (χ2v) is 7.34. The Morgan fingerprint density at radius 2 is 1.88 bits per heavy atom. The van der Waals surface area contributed by atoms with Gasteiger partial charge in [0.1, 0.15) is 17.1 Å². The highest BCUT2D eigenvalue weighted by molar-refractivity contribution is 5.78. The van der Waals surface area contributed by atoms with Gasteiger partial charge in [0.2, 0.25) is 0 Å². The number of carbonyl (C=O) groups is 1.